The van der Waals surface area contributed by atoms with Gasteiger partial charge in [-0.3, -0.25) is 0 Å². The van der Waals surface area contributed by atoms with Crippen molar-refractivity contribution in [3.63, 3.8) is 0 Å². The maximum Gasteiger partial charge on any atom is 0.280 e. The molecular formula is C14H29N3O3S. The van der Waals surface area contributed by atoms with Crippen molar-refractivity contribution in [1.82, 2.24) is 14.3 Å². The average Bonchev–Trinajstić information content (AvgIpc) is 2.45. The molecule has 0 aromatic rings. The lowest BCUT2D eigenvalue weighted by Crippen LogP contribution is -2.57. The predicted octanol–water partition coefficient (Wildman–Crippen LogP) is 0.711. The molecule has 2 atom stereocenters. The van der Waals surface area contributed by atoms with Gasteiger partial charge in [-0.1, -0.05) is 6.92 Å². The molecule has 0 aliphatic carbocycles. The number of nitrogens with one attached hydrogen (secondary N) is 2. The quantitative estimate of drug-likeness (QED) is 0.756. The van der Waals surface area contributed by atoms with Gasteiger partial charge in [0.1, 0.15) is 0 Å². The fraction of sp³-hybridized carbons (Fsp3) is 1.00. The highest BCUT2D eigenvalue weighted by atomic mass is 32.2. The summed E-state index contributed by atoms with van der Waals surface area (Å²) in [6, 6.07) is 0. The Balaban J connectivity index is 1.94. The summed E-state index contributed by atoms with van der Waals surface area (Å²) in [4.78, 5) is 0. The second-order valence-corrected chi connectivity index (χ2v) is 8.17. The number of piperidine rings is 1. The molecular weight excluding hydrogens is 290 g/mol. The second kappa shape index (κ2) is 7.37. The van der Waals surface area contributed by atoms with Crippen LogP contribution >= 0.6 is 0 Å². The number of nitrogens with zero attached hydrogens (tertiary/aromatic N) is 1. The Morgan fingerprint density at radius 3 is 2.86 bits per heavy atom. The van der Waals surface area contributed by atoms with Crippen molar-refractivity contribution >= 4 is 10.2 Å². The molecule has 2 N–H and O–H groups in total. The first-order valence-electron chi connectivity index (χ1n) is 8.03. The van der Waals surface area contributed by atoms with Crippen LogP contribution in [0.1, 0.15) is 39.5 Å². The van der Waals surface area contributed by atoms with Crippen LogP contribution in [0.25, 0.3) is 0 Å². The van der Waals surface area contributed by atoms with Crippen LogP contribution in [0.3, 0.4) is 0 Å². The molecule has 2 aliphatic heterocycles. The van der Waals surface area contributed by atoms with Crippen LogP contribution in [0.15, 0.2) is 0 Å². The fourth-order valence-corrected chi connectivity index (χ4v) is 4.84. The van der Waals surface area contributed by atoms with Gasteiger partial charge in [-0.05, 0) is 51.6 Å². The molecule has 2 heterocycles. The lowest BCUT2D eigenvalue weighted by atomic mass is 9.97. The van der Waals surface area contributed by atoms with E-state index in [1.54, 1.807) is 4.31 Å². The van der Waals surface area contributed by atoms with E-state index in [-0.39, 0.29) is 0 Å². The van der Waals surface area contributed by atoms with Gasteiger partial charge in [-0.15, -0.1) is 0 Å². The first-order chi connectivity index (χ1) is 9.95. The number of hydrogen-bond donors (Lipinski definition) is 2. The van der Waals surface area contributed by atoms with Gasteiger partial charge in [0.2, 0.25) is 0 Å². The molecule has 0 aromatic heterocycles. The summed E-state index contributed by atoms with van der Waals surface area (Å²) in [5.41, 5.74) is -0.467. The smallest absolute Gasteiger partial charge is 0.280 e. The molecule has 6 nitrogen and oxygen atoms in total. The lowest BCUT2D eigenvalue weighted by molar-refractivity contribution is 0.0377. The molecule has 0 aromatic carbocycles. The number of ether oxygens (including phenoxy) is 1. The summed E-state index contributed by atoms with van der Waals surface area (Å²) < 4.78 is 35.2. The molecule has 0 spiro atoms. The third kappa shape index (κ3) is 4.89. The molecule has 2 aliphatic rings. The van der Waals surface area contributed by atoms with E-state index in [0.29, 0.717) is 25.6 Å². The van der Waals surface area contributed by atoms with Crippen LogP contribution in [0.5, 0.6) is 0 Å². The highest BCUT2D eigenvalue weighted by molar-refractivity contribution is 7.87. The molecule has 0 saturated carbocycles. The Labute approximate surface area is 128 Å². The second-order valence-electron chi connectivity index (χ2n) is 6.50. The molecule has 0 radical (unpaired) electrons. The zero-order chi connectivity index (χ0) is 15.3. The molecule has 0 amide bonds. The van der Waals surface area contributed by atoms with E-state index in [1.165, 1.54) is 0 Å². The van der Waals surface area contributed by atoms with Gasteiger partial charge in [0.05, 0.1) is 12.1 Å². The van der Waals surface area contributed by atoms with Crippen LogP contribution in [-0.4, -0.2) is 57.7 Å². The number of hydrogen-bond acceptors (Lipinski definition) is 4. The maximum absolute atomic E-state index is 12.6. The van der Waals surface area contributed by atoms with Crippen molar-refractivity contribution in [2.75, 3.05) is 39.4 Å². The topological polar surface area (TPSA) is 70.7 Å². The standard InChI is InChI=1S/C14H29N3O3S/c1-3-15-10-13-6-4-8-17(11-13)21(18,19)16-14(2)7-5-9-20-12-14/h13,15-16H,3-12H2,1-2H3. The van der Waals surface area contributed by atoms with E-state index >= 15 is 0 Å². The maximum atomic E-state index is 12.6. The molecule has 2 unspecified atom stereocenters. The molecule has 124 valence electrons. The first-order valence-corrected chi connectivity index (χ1v) is 9.47. The normalized spacial score (nSPS) is 32.2. The van der Waals surface area contributed by atoms with Gasteiger partial charge < -0.3 is 10.1 Å². The predicted molar refractivity (Wildman–Crippen MR) is 83.4 cm³/mol. The van der Waals surface area contributed by atoms with E-state index in [1.807, 2.05) is 6.92 Å². The highest BCUT2D eigenvalue weighted by Gasteiger charge is 2.36. The van der Waals surface area contributed by atoms with E-state index in [0.717, 1.165) is 45.4 Å². The van der Waals surface area contributed by atoms with Crippen LogP contribution in [0, 0.1) is 5.92 Å². The molecule has 2 saturated heterocycles. The molecule has 2 fully saturated rings. The summed E-state index contributed by atoms with van der Waals surface area (Å²) in [5, 5.41) is 3.32. The minimum atomic E-state index is -3.42. The zero-order valence-corrected chi connectivity index (χ0v) is 14.0. The summed E-state index contributed by atoms with van der Waals surface area (Å²) in [7, 11) is -3.42. The van der Waals surface area contributed by atoms with Crippen LogP contribution in [-0.2, 0) is 14.9 Å². The summed E-state index contributed by atoms with van der Waals surface area (Å²) >= 11 is 0. The molecule has 21 heavy (non-hydrogen) atoms. The van der Waals surface area contributed by atoms with Crippen molar-refractivity contribution in [1.29, 1.82) is 0 Å². The minimum absolute atomic E-state index is 0.408. The van der Waals surface area contributed by atoms with Gasteiger partial charge in [0, 0.05) is 19.7 Å². The third-order valence-corrected chi connectivity index (χ3v) is 6.08. The summed E-state index contributed by atoms with van der Waals surface area (Å²) in [5.74, 6) is 0.408. The Kier molecular flexibility index (Phi) is 6.02. The minimum Gasteiger partial charge on any atom is -0.380 e. The van der Waals surface area contributed by atoms with Crippen molar-refractivity contribution in [3.05, 3.63) is 0 Å². The lowest BCUT2D eigenvalue weighted by Gasteiger charge is -2.38. The van der Waals surface area contributed by atoms with Gasteiger partial charge >= 0.3 is 0 Å². The first kappa shape index (κ1) is 17.1. The third-order valence-electron chi connectivity index (χ3n) is 4.32. The molecule has 7 heteroatoms. The highest BCUT2D eigenvalue weighted by Crippen LogP contribution is 2.23. The average molecular weight is 319 g/mol. The number of rotatable bonds is 6. The zero-order valence-electron chi connectivity index (χ0n) is 13.2. The Morgan fingerprint density at radius 1 is 1.38 bits per heavy atom. The van der Waals surface area contributed by atoms with Crippen LogP contribution in [0.2, 0.25) is 0 Å². The van der Waals surface area contributed by atoms with Crippen molar-refractivity contribution in [3.8, 4) is 0 Å². The Bertz CT molecular complexity index is 421. The summed E-state index contributed by atoms with van der Waals surface area (Å²) in [6.45, 7) is 8.24. The van der Waals surface area contributed by atoms with Crippen molar-refractivity contribution in [2.45, 2.75) is 45.1 Å². The molecule has 0 bridgehead atoms. The van der Waals surface area contributed by atoms with Crippen LogP contribution < -0.4 is 10.0 Å². The Hall–Kier alpha value is -0.210. The van der Waals surface area contributed by atoms with Crippen LogP contribution in [0.4, 0.5) is 0 Å². The fourth-order valence-electron chi connectivity index (χ4n) is 3.15. The van der Waals surface area contributed by atoms with Crippen molar-refractivity contribution < 1.29 is 13.2 Å². The van der Waals surface area contributed by atoms with Crippen molar-refractivity contribution in [2.24, 2.45) is 5.92 Å². The largest absolute Gasteiger partial charge is 0.380 e. The van der Waals surface area contributed by atoms with Gasteiger partial charge in [0.25, 0.3) is 10.2 Å². The molecule has 2 rings (SSSR count). The van der Waals surface area contributed by atoms with E-state index in [2.05, 4.69) is 17.0 Å². The van der Waals surface area contributed by atoms with E-state index in [9.17, 15) is 8.42 Å². The van der Waals surface area contributed by atoms with Gasteiger partial charge in [-0.2, -0.15) is 17.4 Å². The van der Waals surface area contributed by atoms with E-state index in [4.69, 9.17) is 4.74 Å². The monoisotopic (exact) mass is 319 g/mol. The van der Waals surface area contributed by atoms with E-state index < -0.39 is 15.7 Å². The van der Waals surface area contributed by atoms with Gasteiger partial charge in [-0.25, -0.2) is 0 Å². The SMILES string of the molecule is CCNCC1CCCN(S(=O)(=O)NC2(C)CCCOC2)C1. The Morgan fingerprint density at radius 2 is 2.19 bits per heavy atom. The van der Waals surface area contributed by atoms with Gasteiger partial charge in [0.15, 0.2) is 0 Å². The summed E-state index contributed by atoms with van der Waals surface area (Å²) in [6.07, 6.45) is 3.77.